The van der Waals surface area contributed by atoms with Crippen molar-refractivity contribution < 1.29 is 4.74 Å². The van der Waals surface area contributed by atoms with Crippen LogP contribution in [0.1, 0.15) is 19.4 Å². The minimum atomic E-state index is 0.668. The lowest BCUT2D eigenvalue weighted by atomic mass is 10.2. The Labute approximate surface area is 119 Å². The lowest BCUT2D eigenvalue weighted by molar-refractivity contribution is 0.218. The number of hydrogen-bond donors (Lipinski definition) is 1. The predicted molar refractivity (Wildman–Crippen MR) is 80.6 cm³/mol. The molecule has 0 aliphatic heterocycles. The van der Waals surface area contributed by atoms with Gasteiger partial charge in [0.25, 0.3) is 0 Å². The lowest BCUT2D eigenvalue weighted by Crippen LogP contribution is -2.19. The van der Waals surface area contributed by atoms with E-state index in [1.807, 2.05) is 12.1 Å². The van der Waals surface area contributed by atoms with Crippen LogP contribution < -0.4 is 5.32 Å². The fourth-order valence-corrected chi connectivity index (χ4v) is 2.78. The average Bonchev–Trinajstić information content (AvgIpc) is 2.32. The van der Waals surface area contributed by atoms with Gasteiger partial charge in [-0.2, -0.15) is 0 Å². The second kappa shape index (κ2) is 8.81. The van der Waals surface area contributed by atoms with Crippen LogP contribution in [0, 0.1) is 5.92 Å². The van der Waals surface area contributed by atoms with Crippen molar-refractivity contribution >= 4 is 23.4 Å². The number of thioether (sulfide) groups is 1. The monoisotopic (exact) mass is 287 g/mol. The third kappa shape index (κ3) is 6.10. The quantitative estimate of drug-likeness (QED) is 0.580. The maximum Gasteiger partial charge on any atom is 0.0556 e. The van der Waals surface area contributed by atoms with Gasteiger partial charge in [-0.05, 0) is 30.2 Å². The molecule has 0 unspecified atom stereocenters. The number of hydrogen-bond acceptors (Lipinski definition) is 3. The summed E-state index contributed by atoms with van der Waals surface area (Å²) < 4.78 is 5.08. The van der Waals surface area contributed by atoms with Gasteiger partial charge >= 0.3 is 0 Å². The Balaban J connectivity index is 2.58. The van der Waals surface area contributed by atoms with Crippen molar-refractivity contribution in [1.82, 2.24) is 5.32 Å². The Morgan fingerprint density at radius 2 is 2.17 bits per heavy atom. The maximum atomic E-state index is 6.05. The summed E-state index contributed by atoms with van der Waals surface area (Å²) >= 11 is 7.84. The Bertz CT molecular complexity index is 358. The predicted octanol–water partition coefficient (Wildman–Crippen LogP) is 3.82. The summed E-state index contributed by atoms with van der Waals surface area (Å²) in [7, 11) is 1.73. The van der Waals surface area contributed by atoms with E-state index >= 15 is 0 Å². The highest BCUT2D eigenvalue weighted by atomic mass is 35.5. The molecule has 0 heterocycles. The zero-order valence-corrected chi connectivity index (χ0v) is 12.9. The number of nitrogens with one attached hydrogen (secondary N) is 1. The Morgan fingerprint density at radius 1 is 1.39 bits per heavy atom. The molecule has 0 aliphatic rings. The van der Waals surface area contributed by atoms with E-state index in [-0.39, 0.29) is 0 Å². The van der Waals surface area contributed by atoms with Gasteiger partial charge < -0.3 is 10.1 Å². The number of rotatable bonds is 8. The largest absolute Gasteiger partial charge is 0.384 e. The summed E-state index contributed by atoms with van der Waals surface area (Å²) in [6.45, 7) is 7.11. The Kier molecular flexibility index (Phi) is 7.75. The Morgan fingerprint density at radius 3 is 2.83 bits per heavy atom. The van der Waals surface area contributed by atoms with Crippen molar-refractivity contribution in [1.29, 1.82) is 0 Å². The van der Waals surface area contributed by atoms with E-state index in [9.17, 15) is 0 Å². The van der Waals surface area contributed by atoms with Crippen LogP contribution in [-0.4, -0.2) is 26.0 Å². The molecule has 0 atom stereocenters. The summed E-state index contributed by atoms with van der Waals surface area (Å²) in [5.74, 6) is 1.62. The highest BCUT2D eigenvalue weighted by Gasteiger charge is 2.04. The molecule has 0 aliphatic carbocycles. The molecule has 1 aromatic rings. The van der Waals surface area contributed by atoms with Crippen LogP contribution in [0.4, 0.5) is 0 Å². The highest BCUT2D eigenvalue weighted by molar-refractivity contribution is 7.99. The molecule has 4 heteroatoms. The van der Waals surface area contributed by atoms with E-state index in [2.05, 4.69) is 25.2 Å². The van der Waals surface area contributed by atoms with E-state index in [0.717, 1.165) is 30.5 Å². The van der Waals surface area contributed by atoms with Gasteiger partial charge in [-0.25, -0.2) is 0 Å². The molecule has 0 bridgehead atoms. The smallest absolute Gasteiger partial charge is 0.0556 e. The van der Waals surface area contributed by atoms with Gasteiger partial charge in [0.2, 0.25) is 0 Å². The fraction of sp³-hybridized carbons (Fsp3) is 0.571. The summed E-state index contributed by atoms with van der Waals surface area (Å²) in [4.78, 5) is 1.25. The van der Waals surface area contributed by atoms with E-state index in [4.69, 9.17) is 16.3 Å². The van der Waals surface area contributed by atoms with Crippen LogP contribution >= 0.6 is 23.4 Å². The number of ether oxygens (including phenoxy) is 1. The van der Waals surface area contributed by atoms with Gasteiger partial charge in [0.1, 0.15) is 0 Å². The normalized spacial score (nSPS) is 11.2. The molecule has 1 rings (SSSR count). The zero-order chi connectivity index (χ0) is 13.4. The first-order chi connectivity index (χ1) is 8.63. The summed E-state index contributed by atoms with van der Waals surface area (Å²) in [6.07, 6.45) is 0. The average molecular weight is 288 g/mol. The topological polar surface area (TPSA) is 21.3 Å². The molecule has 0 amide bonds. The van der Waals surface area contributed by atoms with E-state index in [1.165, 1.54) is 10.5 Å². The van der Waals surface area contributed by atoms with Crippen molar-refractivity contribution in [3.63, 3.8) is 0 Å². The van der Waals surface area contributed by atoms with E-state index in [0.29, 0.717) is 5.92 Å². The van der Waals surface area contributed by atoms with Crippen LogP contribution in [-0.2, 0) is 11.3 Å². The van der Waals surface area contributed by atoms with Crippen LogP contribution in [0.2, 0.25) is 5.02 Å². The molecule has 102 valence electrons. The molecule has 0 radical (unpaired) electrons. The number of methoxy groups -OCH3 is 1. The first-order valence-corrected chi connectivity index (χ1v) is 7.60. The van der Waals surface area contributed by atoms with Crippen molar-refractivity contribution in [3.8, 4) is 0 Å². The minimum absolute atomic E-state index is 0.668. The van der Waals surface area contributed by atoms with Gasteiger partial charge in [-0.1, -0.05) is 31.5 Å². The summed E-state index contributed by atoms with van der Waals surface area (Å²) in [5, 5.41) is 4.26. The first-order valence-electron chi connectivity index (χ1n) is 6.24. The standard InChI is InChI=1S/C14H22ClNOS/c1-11(2)9-16-10-12-4-5-13(15)8-14(12)18-7-6-17-3/h4-5,8,11,16H,6-7,9-10H2,1-3H3. The third-order valence-corrected chi connectivity index (χ3v) is 3.74. The lowest BCUT2D eigenvalue weighted by Gasteiger charge is -2.12. The van der Waals surface area contributed by atoms with Crippen molar-refractivity contribution in [3.05, 3.63) is 28.8 Å². The minimum Gasteiger partial charge on any atom is -0.384 e. The molecule has 0 spiro atoms. The van der Waals surface area contributed by atoms with Gasteiger partial charge in [-0.15, -0.1) is 11.8 Å². The molecular formula is C14H22ClNOS. The van der Waals surface area contributed by atoms with Crippen LogP contribution in [0.25, 0.3) is 0 Å². The SMILES string of the molecule is COCCSc1cc(Cl)ccc1CNCC(C)C. The fourth-order valence-electron chi connectivity index (χ4n) is 1.54. The van der Waals surface area contributed by atoms with Crippen molar-refractivity contribution in [2.45, 2.75) is 25.3 Å². The maximum absolute atomic E-state index is 6.05. The van der Waals surface area contributed by atoms with E-state index < -0.39 is 0 Å². The second-order valence-electron chi connectivity index (χ2n) is 4.62. The molecular weight excluding hydrogens is 266 g/mol. The highest BCUT2D eigenvalue weighted by Crippen LogP contribution is 2.26. The van der Waals surface area contributed by atoms with Gasteiger partial charge in [0.15, 0.2) is 0 Å². The number of benzene rings is 1. The molecule has 0 saturated carbocycles. The van der Waals surface area contributed by atoms with Crippen molar-refractivity contribution in [2.24, 2.45) is 5.92 Å². The molecule has 18 heavy (non-hydrogen) atoms. The van der Waals surface area contributed by atoms with Gasteiger partial charge in [0, 0.05) is 29.3 Å². The molecule has 0 aromatic heterocycles. The van der Waals surface area contributed by atoms with Gasteiger partial charge in [-0.3, -0.25) is 0 Å². The van der Waals surface area contributed by atoms with Gasteiger partial charge in [0.05, 0.1) is 6.61 Å². The molecule has 2 nitrogen and oxygen atoms in total. The second-order valence-corrected chi connectivity index (χ2v) is 6.19. The third-order valence-electron chi connectivity index (χ3n) is 2.44. The van der Waals surface area contributed by atoms with Crippen molar-refractivity contribution in [2.75, 3.05) is 26.0 Å². The van der Waals surface area contributed by atoms with E-state index in [1.54, 1.807) is 18.9 Å². The van der Waals surface area contributed by atoms with Crippen LogP contribution in [0.15, 0.2) is 23.1 Å². The summed E-state index contributed by atoms with van der Waals surface area (Å²) in [6, 6.07) is 6.09. The van der Waals surface area contributed by atoms with Crippen LogP contribution in [0.5, 0.6) is 0 Å². The van der Waals surface area contributed by atoms with Crippen LogP contribution in [0.3, 0.4) is 0 Å². The number of halogens is 1. The molecule has 0 fully saturated rings. The molecule has 1 aromatic carbocycles. The summed E-state index contributed by atoms with van der Waals surface area (Å²) in [5.41, 5.74) is 1.31. The molecule has 0 saturated heterocycles. The Hall–Kier alpha value is -0.220. The molecule has 1 N–H and O–H groups in total. The first kappa shape index (κ1) is 15.8. The zero-order valence-electron chi connectivity index (χ0n) is 11.3.